The SMILES string of the molecule is CN(C)CCNC(=O)Cc1cc2cc(C3NC(=O)NC3=O)oc2cc1F. The highest BCUT2D eigenvalue weighted by Crippen LogP contribution is 2.28. The van der Waals surface area contributed by atoms with Gasteiger partial charge in [-0.05, 0) is 31.8 Å². The maximum atomic E-state index is 14.3. The molecule has 1 atom stereocenters. The number of urea groups is 1. The summed E-state index contributed by atoms with van der Waals surface area (Å²) in [6.45, 7) is 1.16. The molecule has 0 spiro atoms. The third-order valence-electron chi connectivity index (χ3n) is 4.00. The molecule has 0 bridgehead atoms. The molecule has 1 aliphatic heterocycles. The minimum atomic E-state index is -0.948. The summed E-state index contributed by atoms with van der Waals surface area (Å²) >= 11 is 0. The number of benzene rings is 1. The number of amides is 4. The van der Waals surface area contributed by atoms with Gasteiger partial charge in [-0.15, -0.1) is 0 Å². The largest absolute Gasteiger partial charge is 0.458 e. The predicted octanol–water partition coefficient (Wildman–Crippen LogP) is 0.673. The summed E-state index contributed by atoms with van der Waals surface area (Å²) in [6, 6.07) is 2.68. The lowest BCUT2D eigenvalue weighted by atomic mass is 10.1. The van der Waals surface area contributed by atoms with Crippen molar-refractivity contribution in [2.24, 2.45) is 0 Å². The van der Waals surface area contributed by atoms with Crippen LogP contribution in [-0.2, 0) is 16.0 Å². The molecule has 0 aliphatic carbocycles. The van der Waals surface area contributed by atoms with E-state index < -0.39 is 23.8 Å². The molecular weight excluding hydrogens is 343 g/mol. The summed E-state index contributed by atoms with van der Waals surface area (Å²) in [4.78, 5) is 36.8. The molecule has 4 amide bonds. The lowest BCUT2D eigenvalue weighted by molar-refractivity contribution is -0.121. The van der Waals surface area contributed by atoms with Gasteiger partial charge in [-0.1, -0.05) is 0 Å². The van der Waals surface area contributed by atoms with Crippen LogP contribution < -0.4 is 16.0 Å². The lowest BCUT2D eigenvalue weighted by Gasteiger charge is -2.10. The number of halogens is 1. The average molecular weight is 362 g/mol. The molecule has 1 aromatic heterocycles. The second-order valence-corrected chi connectivity index (χ2v) is 6.36. The van der Waals surface area contributed by atoms with Crippen LogP contribution in [0.2, 0.25) is 0 Å². The molecule has 3 rings (SSSR count). The molecule has 1 saturated heterocycles. The van der Waals surface area contributed by atoms with Crippen molar-refractivity contribution in [1.82, 2.24) is 20.9 Å². The van der Waals surface area contributed by atoms with Crippen molar-refractivity contribution < 1.29 is 23.2 Å². The van der Waals surface area contributed by atoms with Crippen molar-refractivity contribution in [3.8, 4) is 0 Å². The zero-order valence-corrected chi connectivity index (χ0v) is 14.4. The maximum Gasteiger partial charge on any atom is 0.322 e. The molecular formula is C17H19FN4O4. The molecule has 8 nitrogen and oxygen atoms in total. The van der Waals surface area contributed by atoms with Crippen LogP contribution in [0, 0.1) is 5.82 Å². The fourth-order valence-corrected chi connectivity index (χ4v) is 2.68. The van der Waals surface area contributed by atoms with Gasteiger partial charge in [-0.2, -0.15) is 0 Å². The molecule has 0 saturated carbocycles. The van der Waals surface area contributed by atoms with E-state index in [0.717, 1.165) is 0 Å². The van der Waals surface area contributed by atoms with E-state index in [-0.39, 0.29) is 29.2 Å². The highest BCUT2D eigenvalue weighted by Gasteiger charge is 2.33. The Hall–Kier alpha value is -2.94. The van der Waals surface area contributed by atoms with E-state index in [2.05, 4.69) is 16.0 Å². The van der Waals surface area contributed by atoms with E-state index >= 15 is 0 Å². The summed E-state index contributed by atoms with van der Waals surface area (Å²) in [5, 5.41) is 7.80. The molecule has 26 heavy (non-hydrogen) atoms. The third-order valence-corrected chi connectivity index (χ3v) is 4.00. The maximum absolute atomic E-state index is 14.3. The topological polar surface area (TPSA) is 104 Å². The van der Waals surface area contributed by atoms with Crippen molar-refractivity contribution >= 4 is 28.8 Å². The van der Waals surface area contributed by atoms with Crippen LogP contribution in [0.15, 0.2) is 22.6 Å². The van der Waals surface area contributed by atoms with Crippen LogP contribution in [0.3, 0.4) is 0 Å². The zero-order valence-electron chi connectivity index (χ0n) is 14.4. The number of fused-ring (bicyclic) bond motifs is 1. The standard InChI is InChI=1S/C17H19FN4O4/c1-22(2)4-3-19-14(23)7-9-5-10-6-13(26-12(10)8-11(9)18)15-16(24)21-17(25)20-15/h5-6,8,15H,3-4,7H2,1-2H3,(H,19,23)(H2,20,21,24,25). The second kappa shape index (κ2) is 7.12. The number of nitrogens with one attached hydrogen (secondary N) is 3. The first-order valence-corrected chi connectivity index (χ1v) is 8.08. The average Bonchev–Trinajstić information content (AvgIpc) is 3.09. The molecule has 1 unspecified atom stereocenters. The highest BCUT2D eigenvalue weighted by molar-refractivity contribution is 6.04. The van der Waals surface area contributed by atoms with Gasteiger partial charge in [0.2, 0.25) is 5.91 Å². The molecule has 138 valence electrons. The van der Waals surface area contributed by atoms with Gasteiger partial charge in [0.15, 0.2) is 6.04 Å². The smallest absolute Gasteiger partial charge is 0.322 e. The number of carbonyl (C=O) groups is 3. The van der Waals surface area contributed by atoms with Crippen LogP contribution in [-0.4, -0.2) is 49.9 Å². The van der Waals surface area contributed by atoms with Crippen LogP contribution >= 0.6 is 0 Å². The molecule has 9 heteroatoms. The van der Waals surface area contributed by atoms with Gasteiger partial charge in [0, 0.05) is 24.5 Å². The molecule has 1 aromatic carbocycles. The number of rotatable bonds is 6. The van der Waals surface area contributed by atoms with E-state index in [1.165, 1.54) is 12.1 Å². The second-order valence-electron chi connectivity index (χ2n) is 6.36. The Labute approximate surface area is 148 Å². The number of likely N-dealkylation sites (N-methyl/N-ethyl adjacent to an activating group) is 1. The van der Waals surface area contributed by atoms with Gasteiger partial charge in [0.1, 0.15) is 17.2 Å². The van der Waals surface area contributed by atoms with Gasteiger partial charge >= 0.3 is 6.03 Å². The first-order valence-electron chi connectivity index (χ1n) is 8.08. The van der Waals surface area contributed by atoms with E-state index in [0.29, 0.717) is 18.5 Å². The van der Waals surface area contributed by atoms with E-state index in [1.807, 2.05) is 19.0 Å². The number of carbonyl (C=O) groups excluding carboxylic acids is 3. The lowest BCUT2D eigenvalue weighted by Crippen LogP contribution is -2.32. The Balaban J connectivity index is 1.76. The monoisotopic (exact) mass is 362 g/mol. The van der Waals surface area contributed by atoms with E-state index in [1.54, 1.807) is 6.07 Å². The molecule has 3 N–H and O–H groups in total. The summed E-state index contributed by atoms with van der Waals surface area (Å²) in [7, 11) is 3.78. The van der Waals surface area contributed by atoms with Crippen molar-refractivity contribution in [3.63, 3.8) is 0 Å². The number of furan rings is 1. The number of hydrogen-bond acceptors (Lipinski definition) is 5. The number of imide groups is 1. The molecule has 1 fully saturated rings. The minimum Gasteiger partial charge on any atom is -0.458 e. The van der Waals surface area contributed by atoms with Crippen molar-refractivity contribution in [2.45, 2.75) is 12.5 Å². The fraction of sp³-hybridized carbons (Fsp3) is 0.353. The first kappa shape index (κ1) is 17.9. The Morgan fingerprint density at radius 1 is 1.31 bits per heavy atom. The third kappa shape index (κ3) is 3.83. The van der Waals surface area contributed by atoms with Gasteiger partial charge in [0.25, 0.3) is 5.91 Å². The van der Waals surface area contributed by atoms with Crippen molar-refractivity contribution in [1.29, 1.82) is 0 Å². The van der Waals surface area contributed by atoms with E-state index in [4.69, 9.17) is 4.42 Å². The number of hydrogen-bond donors (Lipinski definition) is 3. The minimum absolute atomic E-state index is 0.101. The van der Waals surface area contributed by atoms with Gasteiger partial charge in [-0.25, -0.2) is 9.18 Å². The molecule has 2 aromatic rings. The fourth-order valence-electron chi connectivity index (χ4n) is 2.68. The van der Waals surface area contributed by atoms with Crippen LogP contribution in [0.5, 0.6) is 0 Å². The Bertz CT molecular complexity index is 877. The quantitative estimate of drug-likeness (QED) is 0.656. The normalized spacial score (nSPS) is 16.8. The predicted molar refractivity (Wildman–Crippen MR) is 90.9 cm³/mol. The molecule has 1 aliphatic rings. The van der Waals surface area contributed by atoms with Crippen molar-refractivity contribution in [2.75, 3.05) is 27.2 Å². The highest BCUT2D eigenvalue weighted by atomic mass is 19.1. The van der Waals surface area contributed by atoms with Crippen LogP contribution in [0.4, 0.5) is 9.18 Å². The Morgan fingerprint density at radius 2 is 2.08 bits per heavy atom. The molecule has 0 radical (unpaired) electrons. The number of nitrogens with zero attached hydrogens (tertiary/aromatic N) is 1. The molecule has 2 heterocycles. The Morgan fingerprint density at radius 3 is 2.73 bits per heavy atom. The Kier molecular flexibility index (Phi) is 4.90. The first-order chi connectivity index (χ1) is 12.3. The van der Waals surface area contributed by atoms with Gasteiger partial charge < -0.3 is 20.0 Å². The van der Waals surface area contributed by atoms with Crippen LogP contribution in [0.25, 0.3) is 11.0 Å². The van der Waals surface area contributed by atoms with Crippen LogP contribution in [0.1, 0.15) is 17.4 Å². The van der Waals surface area contributed by atoms with Crippen molar-refractivity contribution in [3.05, 3.63) is 35.3 Å². The van der Waals surface area contributed by atoms with E-state index in [9.17, 15) is 18.8 Å². The van der Waals surface area contributed by atoms with Gasteiger partial charge in [0.05, 0.1) is 6.42 Å². The summed E-state index contributed by atoms with van der Waals surface area (Å²) in [6.07, 6.45) is -0.101. The zero-order chi connectivity index (χ0) is 18.8. The van der Waals surface area contributed by atoms with Gasteiger partial charge in [-0.3, -0.25) is 14.9 Å². The summed E-state index contributed by atoms with van der Waals surface area (Å²) in [5.74, 6) is -1.18. The summed E-state index contributed by atoms with van der Waals surface area (Å²) in [5.41, 5.74) is 0.468. The summed E-state index contributed by atoms with van der Waals surface area (Å²) < 4.78 is 19.7.